The Kier molecular flexibility index (Phi) is 6.80. The summed E-state index contributed by atoms with van der Waals surface area (Å²) in [6.45, 7) is 4.64. The maximum absolute atomic E-state index is 14.0. The largest absolute Gasteiger partial charge is 0.493 e. The zero-order valence-corrected chi connectivity index (χ0v) is 20.8. The number of aryl methyl sites for hydroxylation is 2. The van der Waals surface area contributed by atoms with Crippen LogP contribution in [-0.2, 0) is 16.9 Å². The molecule has 1 aliphatic rings. The molecule has 4 rings (SSSR count). The Morgan fingerprint density at radius 1 is 0.829 bits per heavy atom. The summed E-state index contributed by atoms with van der Waals surface area (Å²) in [6, 6.07) is 20.7. The van der Waals surface area contributed by atoms with E-state index in [0.29, 0.717) is 18.0 Å². The van der Waals surface area contributed by atoms with E-state index in [0.717, 1.165) is 27.8 Å². The molecular formula is C28H31N3O4. The molecule has 3 aromatic rings. The lowest BCUT2D eigenvalue weighted by Gasteiger charge is -2.29. The zero-order chi connectivity index (χ0) is 25.2. The molecule has 1 N–H and O–H groups in total. The van der Waals surface area contributed by atoms with Crippen LogP contribution < -0.4 is 14.8 Å². The summed E-state index contributed by atoms with van der Waals surface area (Å²) in [7, 11) is 5.05. The Hall–Kier alpha value is -3.84. The van der Waals surface area contributed by atoms with Crippen molar-refractivity contribution in [2.24, 2.45) is 0 Å². The van der Waals surface area contributed by atoms with Crippen LogP contribution in [0.25, 0.3) is 0 Å². The lowest BCUT2D eigenvalue weighted by molar-refractivity contribution is -0.131. The molecule has 0 unspecified atom stereocenters. The van der Waals surface area contributed by atoms with Crippen LogP contribution in [-0.4, -0.2) is 49.7 Å². The van der Waals surface area contributed by atoms with E-state index in [1.165, 1.54) is 4.90 Å². The topological polar surface area (TPSA) is 71.1 Å². The van der Waals surface area contributed by atoms with Gasteiger partial charge in [0, 0.05) is 6.54 Å². The third-order valence-corrected chi connectivity index (χ3v) is 6.36. The average Bonchev–Trinajstić information content (AvgIpc) is 3.10. The van der Waals surface area contributed by atoms with Gasteiger partial charge in [-0.1, -0.05) is 65.7 Å². The molecule has 0 aliphatic carbocycles. The Morgan fingerprint density at radius 2 is 1.37 bits per heavy atom. The molecular weight excluding hydrogens is 442 g/mol. The Labute approximate surface area is 206 Å². The minimum atomic E-state index is -1.28. The molecule has 0 bridgehead atoms. The monoisotopic (exact) mass is 473 g/mol. The van der Waals surface area contributed by atoms with Crippen molar-refractivity contribution >= 4 is 11.9 Å². The fourth-order valence-electron chi connectivity index (χ4n) is 4.45. The highest BCUT2D eigenvalue weighted by Gasteiger charge is 2.53. The van der Waals surface area contributed by atoms with Gasteiger partial charge in [-0.25, -0.2) is 9.69 Å². The van der Waals surface area contributed by atoms with E-state index in [2.05, 4.69) is 5.32 Å². The Morgan fingerprint density at radius 3 is 1.89 bits per heavy atom. The van der Waals surface area contributed by atoms with Crippen molar-refractivity contribution in [3.05, 3.63) is 94.5 Å². The zero-order valence-electron chi connectivity index (χ0n) is 20.8. The fraction of sp³-hybridized carbons (Fsp3) is 0.286. The Bertz CT molecular complexity index is 1180. The van der Waals surface area contributed by atoms with Crippen LogP contribution in [0, 0.1) is 13.8 Å². The van der Waals surface area contributed by atoms with E-state index < -0.39 is 11.6 Å². The first-order valence-electron chi connectivity index (χ1n) is 11.5. The molecule has 0 aromatic heterocycles. The second kappa shape index (κ2) is 9.80. The van der Waals surface area contributed by atoms with Gasteiger partial charge in [-0.3, -0.25) is 9.69 Å². The van der Waals surface area contributed by atoms with Crippen molar-refractivity contribution in [2.45, 2.75) is 25.9 Å². The van der Waals surface area contributed by atoms with Crippen molar-refractivity contribution < 1.29 is 19.1 Å². The number of nitrogens with one attached hydrogen (secondary N) is 1. The van der Waals surface area contributed by atoms with Gasteiger partial charge in [0.1, 0.15) is 0 Å². The molecule has 1 heterocycles. The maximum Gasteiger partial charge on any atom is 0.326 e. The van der Waals surface area contributed by atoms with Crippen LogP contribution >= 0.6 is 0 Å². The lowest BCUT2D eigenvalue weighted by atomic mass is 9.82. The van der Waals surface area contributed by atoms with E-state index >= 15 is 0 Å². The van der Waals surface area contributed by atoms with Gasteiger partial charge in [0.15, 0.2) is 17.0 Å². The van der Waals surface area contributed by atoms with Gasteiger partial charge < -0.3 is 14.8 Å². The molecule has 35 heavy (non-hydrogen) atoms. The van der Waals surface area contributed by atoms with Crippen molar-refractivity contribution in [3.63, 3.8) is 0 Å². The van der Waals surface area contributed by atoms with Gasteiger partial charge in [-0.05, 0) is 49.7 Å². The summed E-state index contributed by atoms with van der Waals surface area (Å²) in [5.41, 5.74) is 3.32. The van der Waals surface area contributed by atoms with Crippen LogP contribution in [0.2, 0.25) is 0 Å². The molecule has 1 saturated heterocycles. The predicted octanol–water partition coefficient (Wildman–Crippen LogP) is 4.21. The van der Waals surface area contributed by atoms with E-state index in [-0.39, 0.29) is 12.6 Å². The molecule has 0 spiro atoms. The highest BCUT2D eigenvalue weighted by atomic mass is 16.5. The number of rotatable bonds is 8. The highest BCUT2D eigenvalue weighted by molar-refractivity contribution is 6.09. The molecule has 0 atom stereocenters. The summed E-state index contributed by atoms with van der Waals surface area (Å²) in [4.78, 5) is 30.3. The van der Waals surface area contributed by atoms with Gasteiger partial charge in [0.2, 0.25) is 0 Å². The van der Waals surface area contributed by atoms with Crippen LogP contribution in [0.1, 0.15) is 27.8 Å². The number of hydrogen-bond acceptors (Lipinski definition) is 5. The normalized spacial score (nSPS) is 14.9. The molecule has 0 radical (unpaired) electrons. The first-order chi connectivity index (χ1) is 16.8. The molecule has 1 aliphatic heterocycles. The third kappa shape index (κ3) is 4.59. The minimum absolute atomic E-state index is 0.137. The Balaban J connectivity index is 1.62. The van der Waals surface area contributed by atoms with Crippen LogP contribution in [0.15, 0.2) is 66.7 Å². The van der Waals surface area contributed by atoms with E-state index in [1.807, 2.05) is 92.5 Å². The van der Waals surface area contributed by atoms with Crippen LogP contribution in [0.5, 0.6) is 11.5 Å². The molecule has 7 nitrogen and oxygen atoms in total. The molecule has 182 valence electrons. The number of urea groups is 1. The highest BCUT2D eigenvalue weighted by Crippen LogP contribution is 2.36. The molecule has 3 amide bonds. The number of amides is 3. The standard InChI is InChI=1S/C28H31N3O4/c1-19-6-11-22(12-7-19)28(23-13-8-20(2)9-14-23)26(32)31(27(33)29-28)18-30(3)17-21-10-15-24(34-4)25(16-21)35-5/h6-16H,17-18H2,1-5H3,(H,29,33). The van der Waals surface area contributed by atoms with Crippen LogP contribution in [0.3, 0.4) is 0 Å². The second-order valence-electron chi connectivity index (χ2n) is 8.99. The van der Waals surface area contributed by atoms with E-state index in [9.17, 15) is 9.59 Å². The van der Waals surface area contributed by atoms with E-state index in [1.54, 1.807) is 14.2 Å². The summed E-state index contributed by atoms with van der Waals surface area (Å²) in [6.07, 6.45) is 0. The summed E-state index contributed by atoms with van der Waals surface area (Å²) in [5.74, 6) is 0.981. The summed E-state index contributed by atoms with van der Waals surface area (Å²) < 4.78 is 10.7. The van der Waals surface area contributed by atoms with Gasteiger partial charge in [-0.2, -0.15) is 0 Å². The number of ether oxygens (including phenoxy) is 2. The summed E-state index contributed by atoms with van der Waals surface area (Å²) in [5, 5.41) is 3.02. The predicted molar refractivity (Wildman–Crippen MR) is 134 cm³/mol. The molecule has 7 heteroatoms. The smallest absolute Gasteiger partial charge is 0.326 e. The number of carbonyl (C=O) groups excluding carboxylic acids is 2. The molecule has 0 saturated carbocycles. The number of nitrogens with zero attached hydrogens (tertiary/aromatic N) is 2. The van der Waals surface area contributed by atoms with Crippen LogP contribution in [0.4, 0.5) is 4.79 Å². The number of carbonyl (C=O) groups is 2. The first kappa shape index (κ1) is 24.3. The number of methoxy groups -OCH3 is 2. The van der Waals surface area contributed by atoms with Gasteiger partial charge >= 0.3 is 6.03 Å². The maximum atomic E-state index is 14.0. The molecule has 1 fully saturated rings. The number of benzene rings is 3. The third-order valence-electron chi connectivity index (χ3n) is 6.36. The number of imide groups is 1. The molecule has 3 aromatic carbocycles. The van der Waals surface area contributed by atoms with Crippen molar-refractivity contribution in [1.82, 2.24) is 15.1 Å². The summed E-state index contributed by atoms with van der Waals surface area (Å²) >= 11 is 0. The quantitative estimate of drug-likeness (QED) is 0.497. The second-order valence-corrected chi connectivity index (χ2v) is 8.99. The number of hydrogen-bond donors (Lipinski definition) is 1. The van der Waals surface area contributed by atoms with Gasteiger partial charge in [-0.15, -0.1) is 0 Å². The van der Waals surface area contributed by atoms with Gasteiger partial charge in [0.05, 0.1) is 20.9 Å². The fourth-order valence-corrected chi connectivity index (χ4v) is 4.45. The van der Waals surface area contributed by atoms with E-state index in [4.69, 9.17) is 9.47 Å². The van der Waals surface area contributed by atoms with Crippen molar-refractivity contribution in [1.29, 1.82) is 0 Å². The SMILES string of the molecule is COc1ccc(CN(C)CN2C(=O)NC(c3ccc(C)cc3)(c3ccc(C)cc3)C2=O)cc1OC. The van der Waals surface area contributed by atoms with Crippen molar-refractivity contribution in [3.8, 4) is 11.5 Å². The lowest BCUT2D eigenvalue weighted by Crippen LogP contribution is -2.46. The van der Waals surface area contributed by atoms with Gasteiger partial charge in [0.25, 0.3) is 5.91 Å². The average molecular weight is 474 g/mol. The minimum Gasteiger partial charge on any atom is -0.493 e. The first-order valence-corrected chi connectivity index (χ1v) is 11.5. The van der Waals surface area contributed by atoms with Crippen molar-refractivity contribution in [2.75, 3.05) is 27.9 Å².